The highest BCUT2D eigenvalue weighted by atomic mass is 16.5. The van der Waals surface area contributed by atoms with E-state index in [1.54, 1.807) is 12.0 Å². The molecule has 2 aliphatic rings. The normalized spacial score (nSPS) is 20.2. The Labute approximate surface area is 149 Å². The number of amides is 4. The number of imide groups is 1. The van der Waals surface area contributed by atoms with Crippen LogP contribution in [0.4, 0.5) is 4.79 Å². The fourth-order valence-corrected chi connectivity index (χ4v) is 3.65. The second-order valence-electron chi connectivity index (χ2n) is 6.62. The van der Waals surface area contributed by atoms with Crippen LogP contribution in [0, 0.1) is 0 Å². The molecule has 26 heavy (non-hydrogen) atoms. The lowest BCUT2D eigenvalue weighted by atomic mass is 10.0. The number of hydrogen-bond donors (Lipinski definition) is 3. The molecule has 0 unspecified atom stereocenters. The first-order chi connectivity index (χ1) is 12.5. The van der Waals surface area contributed by atoms with Crippen LogP contribution in [-0.2, 0) is 22.6 Å². The van der Waals surface area contributed by atoms with E-state index in [0.717, 1.165) is 34.3 Å². The van der Waals surface area contributed by atoms with Crippen LogP contribution in [0.25, 0.3) is 10.9 Å². The van der Waals surface area contributed by atoms with Gasteiger partial charge in [0, 0.05) is 48.1 Å². The molecule has 8 heteroatoms. The molecule has 136 valence electrons. The lowest BCUT2D eigenvalue weighted by molar-refractivity contribution is -0.134. The van der Waals surface area contributed by atoms with E-state index < -0.39 is 12.1 Å². The third-order valence-electron chi connectivity index (χ3n) is 5.01. The molecule has 3 heterocycles. The molecule has 4 amide bonds. The molecule has 1 aromatic carbocycles. The van der Waals surface area contributed by atoms with Crippen LogP contribution in [0.2, 0.25) is 0 Å². The van der Waals surface area contributed by atoms with Gasteiger partial charge in [-0.05, 0) is 24.6 Å². The molecular formula is C18H20N4O4. The van der Waals surface area contributed by atoms with Gasteiger partial charge in [0.25, 0.3) is 0 Å². The molecule has 0 radical (unpaired) electrons. The van der Waals surface area contributed by atoms with Gasteiger partial charge in [-0.25, -0.2) is 4.79 Å². The van der Waals surface area contributed by atoms with Crippen LogP contribution >= 0.6 is 0 Å². The highest BCUT2D eigenvalue weighted by Crippen LogP contribution is 2.30. The maximum atomic E-state index is 12.9. The standard InChI is InChI=1S/C18H20N4O4/c1-26-10-2-3-13-11(8-10)12-9-22(7-6-14(12)19-13)17(24)15-4-5-16(23)21-18(25)20-15/h2-3,8,15,19H,4-7,9H2,1H3,(H2,20,21,23,25)/t15-/m0/s1. The van der Waals surface area contributed by atoms with Gasteiger partial charge in [-0.1, -0.05) is 0 Å². The maximum Gasteiger partial charge on any atom is 0.322 e. The lowest BCUT2D eigenvalue weighted by Gasteiger charge is -2.30. The van der Waals surface area contributed by atoms with E-state index in [1.807, 2.05) is 18.2 Å². The SMILES string of the molecule is COc1ccc2[nH]c3c(c2c1)CN(C(=O)[C@@H]1CCC(=O)NC(=O)N1)CC3. The van der Waals surface area contributed by atoms with Crippen molar-refractivity contribution in [2.45, 2.75) is 31.8 Å². The number of carbonyl (C=O) groups is 3. The third kappa shape index (κ3) is 2.87. The number of nitrogens with one attached hydrogen (secondary N) is 3. The molecule has 1 fully saturated rings. The van der Waals surface area contributed by atoms with Gasteiger partial charge >= 0.3 is 6.03 Å². The first-order valence-electron chi connectivity index (χ1n) is 8.62. The second-order valence-corrected chi connectivity index (χ2v) is 6.62. The van der Waals surface area contributed by atoms with E-state index in [4.69, 9.17) is 4.74 Å². The van der Waals surface area contributed by atoms with Crippen molar-refractivity contribution in [2.75, 3.05) is 13.7 Å². The molecule has 3 N–H and O–H groups in total. The summed E-state index contributed by atoms with van der Waals surface area (Å²) in [6.07, 6.45) is 1.18. The summed E-state index contributed by atoms with van der Waals surface area (Å²) < 4.78 is 5.31. The lowest BCUT2D eigenvalue weighted by Crippen LogP contribution is -2.50. The van der Waals surface area contributed by atoms with Crippen LogP contribution < -0.4 is 15.4 Å². The Balaban J connectivity index is 1.58. The first kappa shape index (κ1) is 16.4. The number of fused-ring (bicyclic) bond motifs is 3. The van der Waals surface area contributed by atoms with Crippen molar-refractivity contribution in [2.24, 2.45) is 0 Å². The number of aromatic nitrogens is 1. The average Bonchev–Trinajstić information content (AvgIpc) is 2.91. The smallest absolute Gasteiger partial charge is 0.322 e. The summed E-state index contributed by atoms with van der Waals surface area (Å²) in [5, 5.41) is 5.83. The number of H-pyrrole nitrogens is 1. The fourth-order valence-electron chi connectivity index (χ4n) is 3.65. The number of urea groups is 1. The molecule has 1 saturated heterocycles. The predicted molar refractivity (Wildman–Crippen MR) is 93.7 cm³/mol. The largest absolute Gasteiger partial charge is 0.497 e. The summed E-state index contributed by atoms with van der Waals surface area (Å²) in [5.41, 5.74) is 3.22. The molecule has 0 bridgehead atoms. The second kappa shape index (κ2) is 6.36. The number of ether oxygens (including phenoxy) is 1. The van der Waals surface area contributed by atoms with Gasteiger partial charge in [-0.3, -0.25) is 14.9 Å². The Morgan fingerprint density at radius 3 is 2.92 bits per heavy atom. The fraction of sp³-hybridized carbons (Fsp3) is 0.389. The zero-order valence-corrected chi connectivity index (χ0v) is 14.4. The van der Waals surface area contributed by atoms with Crippen molar-refractivity contribution in [3.63, 3.8) is 0 Å². The molecule has 8 nitrogen and oxygen atoms in total. The number of nitrogens with zero attached hydrogens (tertiary/aromatic N) is 1. The predicted octanol–water partition coefficient (Wildman–Crippen LogP) is 1.05. The quantitative estimate of drug-likeness (QED) is 0.748. The van der Waals surface area contributed by atoms with E-state index in [0.29, 0.717) is 19.5 Å². The minimum atomic E-state index is -0.678. The molecular weight excluding hydrogens is 336 g/mol. The van der Waals surface area contributed by atoms with Gasteiger partial charge in [0.15, 0.2) is 0 Å². The Kier molecular flexibility index (Phi) is 4.02. The van der Waals surface area contributed by atoms with Crippen LogP contribution in [0.1, 0.15) is 24.1 Å². The molecule has 1 atom stereocenters. The van der Waals surface area contributed by atoms with Crippen molar-refractivity contribution < 1.29 is 19.1 Å². The highest BCUT2D eigenvalue weighted by molar-refractivity contribution is 5.98. The number of hydrogen-bond acceptors (Lipinski definition) is 4. The summed E-state index contributed by atoms with van der Waals surface area (Å²) in [4.78, 5) is 41.2. The van der Waals surface area contributed by atoms with Gasteiger partial charge in [-0.15, -0.1) is 0 Å². The summed E-state index contributed by atoms with van der Waals surface area (Å²) in [5.74, 6) is 0.253. The minimum absolute atomic E-state index is 0.151. The maximum absolute atomic E-state index is 12.9. The molecule has 0 saturated carbocycles. The summed E-state index contributed by atoms with van der Waals surface area (Å²) in [7, 11) is 1.63. The molecule has 4 rings (SSSR count). The number of carbonyl (C=O) groups excluding carboxylic acids is 3. The van der Waals surface area contributed by atoms with E-state index >= 15 is 0 Å². The molecule has 0 spiro atoms. The van der Waals surface area contributed by atoms with Gasteiger partial charge < -0.3 is 19.9 Å². The van der Waals surface area contributed by atoms with Gasteiger partial charge in [-0.2, -0.15) is 0 Å². The minimum Gasteiger partial charge on any atom is -0.497 e. The monoisotopic (exact) mass is 356 g/mol. The van der Waals surface area contributed by atoms with Crippen molar-refractivity contribution in [1.82, 2.24) is 20.5 Å². The number of aromatic amines is 1. The zero-order valence-electron chi connectivity index (χ0n) is 14.4. The van der Waals surface area contributed by atoms with Crippen LogP contribution in [0.3, 0.4) is 0 Å². The molecule has 2 aromatic rings. The van der Waals surface area contributed by atoms with Crippen LogP contribution in [0.15, 0.2) is 18.2 Å². The van der Waals surface area contributed by atoms with E-state index in [1.165, 1.54) is 0 Å². The zero-order chi connectivity index (χ0) is 18.3. The Morgan fingerprint density at radius 1 is 1.27 bits per heavy atom. The van der Waals surface area contributed by atoms with Crippen molar-refractivity contribution in [3.8, 4) is 5.75 Å². The Bertz CT molecular complexity index is 904. The Hall–Kier alpha value is -3.03. The van der Waals surface area contributed by atoms with Crippen molar-refractivity contribution >= 4 is 28.7 Å². The first-order valence-corrected chi connectivity index (χ1v) is 8.62. The summed E-state index contributed by atoms with van der Waals surface area (Å²) in [6, 6.07) is 4.55. The van der Waals surface area contributed by atoms with Gasteiger partial charge in [0.2, 0.25) is 11.8 Å². The van der Waals surface area contributed by atoms with Gasteiger partial charge in [0.05, 0.1) is 7.11 Å². The summed E-state index contributed by atoms with van der Waals surface area (Å²) in [6.45, 7) is 1.04. The number of benzene rings is 1. The van der Waals surface area contributed by atoms with E-state index in [9.17, 15) is 14.4 Å². The van der Waals surface area contributed by atoms with Crippen LogP contribution in [0.5, 0.6) is 5.75 Å². The average molecular weight is 356 g/mol. The summed E-state index contributed by atoms with van der Waals surface area (Å²) >= 11 is 0. The number of rotatable bonds is 2. The highest BCUT2D eigenvalue weighted by Gasteiger charge is 2.32. The van der Waals surface area contributed by atoms with E-state index in [-0.39, 0.29) is 18.2 Å². The Morgan fingerprint density at radius 2 is 2.12 bits per heavy atom. The number of methoxy groups -OCH3 is 1. The van der Waals surface area contributed by atoms with Crippen molar-refractivity contribution in [1.29, 1.82) is 0 Å². The topological polar surface area (TPSA) is 104 Å². The van der Waals surface area contributed by atoms with Crippen molar-refractivity contribution in [3.05, 3.63) is 29.5 Å². The molecule has 1 aromatic heterocycles. The molecule has 2 aliphatic heterocycles. The van der Waals surface area contributed by atoms with Gasteiger partial charge in [0.1, 0.15) is 11.8 Å². The van der Waals surface area contributed by atoms with Crippen LogP contribution in [-0.4, -0.2) is 47.4 Å². The third-order valence-corrected chi connectivity index (χ3v) is 5.01. The van der Waals surface area contributed by atoms with E-state index in [2.05, 4.69) is 15.6 Å². The molecule has 0 aliphatic carbocycles.